The quantitative estimate of drug-likeness (QED) is 0.595. The molecule has 2 aromatic rings. The fourth-order valence-electron chi connectivity index (χ4n) is 0.831. The SMILES string of the molecule is O=C(O)c1cnn2cnnnc12. The van der Waals surface area contributed by atoms with Gasteiger partial charge in [0.25, 0.3) is 0 Å². The van der Waals surface area contributed by atoms with E-state index in [4.69, 9.17) is 5.11 Å². The summed E-state index contributed by atoms with van der Waals surface area (Å²) in [6.45, 7) is 0. The first-order chi connectivity index (χ1) is 5.79. The van der Waals surface area contributed by atoms with Gasteiger partial charge < -0.3 is 5.11 Å². The summed E-state index contributed by atoms with van der Waals surface area (Å²) in [6, 6.07) is 0. The third-order valence-corrected chi connectivity index (χ3v) is 1.35. The van der Waals surface area contributed by atoms with Crippen molar-refractivity contribution in [3.05, 3.63) is 18.1 Å². The van der Waals surface area contributed by atoms with E-state index in [0.717, 1.165) is 0 Å². The molecule has 0 bridgehead atoms. The van der Waals surface area contributed by atoms with Crippen LogP contribution >= 0.6 is 0 Å². The van der Waals surface area contributed by atoms with Gasteiger partial charge in [0.05, 0.1) is 6.20 Å². The lowest BCUT2D eigenvalue weighted by Gasteiger charge is -1.87. The zero-order valence-corrected chi connectivity index (χ0v) is 5.75. The molecule has 0 aliphatic heterocycles. The highest BCUT2D eigenvalue weighted by molar-refractivity contribution is 5.93. The molecule has 0 fully saturated rings. The van der Waals surface area contributed by atoms with E-state index >= 15 is 0 Å². The Hall–Kier alpha value is -2.05. The Morgan fingerprint density at radius 1 is 1.58 bits per heavy atom. The monoisotopic (exact) mass is 165 g/mol. The van der Waals surface area contributed by atoms with Gasteiger partial charge in [0.2, 0.25) is 0 Å². The minimum Gasteiger partial charge on any atom is -0.477 e. The van der Waals surface area contributed by atoms with Crippen LogP contribution in [0.1, 0.15) is 10.4 Å². The van der Waals surface area contributed by atoms with Crippen LogP contribution in [0.2, 0.25) is 0 Å². The molecular formula is C5H3N5O2. The molecular weight excluding hydrogens is 162 g/mol. The van der Waals surface area contributed by atoms with Gasteiger partial charge in [-0.1, -0.05) is 0 Å². The first-order valence-corrected chi connectivity index (χ1v) is 3.04. The van der Waals surface area contributed by atoms with Crippen LogP contribution in [0.25, 0.3) is 5.65 Å². The molecule has 2 aromatic heterocycles. The van der Waals surface area contributed by atoms with Gasteiger partial charge in [0.15, 0.2) is 5.65 Å². The molecule has 7 heteroatoms. The molecule has 0 spiro atoms. The van der Waals surface area contributed by atoms with Gasteiger partial charge in [-0.3, -0.25) is 0 Å². The first kappa shape index (κ1) is 6.65. The zero-order valence-electron chi connectivity index (χ0n) is 5.75. The van der Waals surface area contributed by atoms with Crippen molar-refractivity contribution in [3.63, 3.8) is 0 Å². The Morgan fingerprint density at radius 2 is 2.42 bits per heavy atom. The van der Waals surface area contributed by atoms with Crippen LogP contribution in [0.15, 0.2) is 12.5 Å². The molecule has 0 saturated carbocycles. The highest BCUT2D eigenvalue weighted by Crippen LogP contribution is 2.03. The zero-order chi connectivity index (χ0) is 8.55. The van der Waals surface area contributed by atoms with E-state index < -0.39 is 5.97 Å². The lowest BCUT2D eigenvalue weighted by Crippen LogP contribution is -1.99. The van der Waals surface area contributed by atoms with Crippen molar-refractivity contribution in [2.24, 2.45) is 0 Å². The first-order valence-electron chi connectivity index (χ1n) is 3.04. The maximum Gasteiger partial charge on any atom is 0.341 e. The van der Waals surface area contributed by atoms with Crippen molar-refractivity contribution in [2.75, 3.05) is 0 Å². The van der Waals surface area contributed by atoms with Crippen LogP contribution in [-0.2, 0) is 0 Å². The number of fused-ring (bicyclic) bond motifs is 1. The number of rotatable bonds is 1. The highest BCUT2D eigenvalue weighted by Gasteiger charge is 2.11. The molecule has 0 unspecified atom stereocenters. The summed E-state index contributed by atoms with van der Waals surface area (Å²) in [6.07, 6.45) is 2.49. The van der Waals surface area contributed by atoms with Crippen LogP contribution in [0, 0.1) is 0 Å². The van der Waals surface area contributed by atoms with Crippen molar-refractivity contribution < 1.29 is 9.90 Å². The van der Waals surface area contributed by atoms with Crippen molar-refractivity contribution in [1.29, 1.82) is 0 Å². The molecule has 60 valence electrons. The van der Waals surface area contributed by atoms with Crippen LogP contribution in [0.4, 0.5) is 0 Å². The summed E-state index contributed by atoms with van der Waals surface area (Å²) in [5, 5.41) is 22.6. The van der Waals surface area contributed by atoms with E-state index in [1.54, 1.807) is 0 Å². The Kier molecular flexibility index (Phi) is 1.23. The van der Waals surface area contributed by atoms with Gasteiger partial charge in [0.1, 0.15) is 11.9 Å². The van der Waals surface area contributed by atoms with Gasteiger partial charge in [-0.2, -0.15) is 9.61 Å². The van der Waals surface area contributed by atoms with E-state index in [9.17, 15) is 4.79 Å². The van der Waals surface area contributed by atoms with E-state index in [2.05, 4.69) is 20.5 Å². The summed E-state index contributed by atoms with van der Waals surface area (Å²) in [5.41, 5.74) is 0.211. The summed E-state index contributed by atoms with van der Waals surface area (Å²) in [4.78, 5) is 10.5. The van der Waals surface area contributed by atoms with Crippen LogP contribution in [0.3, 0.4) is 0 Å². The second kappa shape index (κ2) is 2.22. The van der Waals surface area contributed by atoms with Gasteiger partial charge in [-0.25, -0.2) is 4.79 Å². The number of aromatic nitrogens is 5. The second-order valence-corrected chi connectivity index (χ2v) is 2.05. The molecule has 0 atom stereocenters. The fourth-order valence-corrected chi connectivity index (χ4v) is 0.831. The average Bonchev–Trinajstić information content (AvgIpc) is 2.47. The highest BCUT2D eigenvalue weighted by atomic mass is 16.4. The predicted molar refractivity (Wildman–Crippen MR) is 35.5 cm³/mol. The normalized spacial score (nSPS) is 10.3. The third-order valence-electron chi connectivity index (χ3n) is 1.35. The molecule has 0 aromatic carbocycles. The molecule has 1 N–H and O–H groups in total. The molecule has 0 radical (unpaired) electrons. The minimum atomic E-state index is -1.08. The van der Waals surface area contributed by atoms with E-state index in [1.807, 2.05) is 0 Å². The molecule has 0 saturated heterocycles. The third kappa shape index (κ3) is 0.797. The summed E-state index contributed by atoms with van der Waals surface area (Å²) < 4.78 is 1.25. The van der Waals surface area contributed by atoms with Crippen LogP contribution in [0.5, 0.6) is 0 Å². The molecule has 0 amide bonds. The van der Waals surface area contributed by atoms with Crippen molar-refractivity contribution in [3.8, 4) is 0 Å². The van der Waals surface area contributed by atoms with E-state index in [0.29, 0.717) is 0 Å². The minimum absolute atomic E-state index is 0.0184. The predicted octanol–water partition coefficient (Wildman–Crippen LogP) is -0.783. The summed E-state index contributed by atoms with van der Waals surface area (Å²) in [5.74, 6) is -1.08. The van der Waals surface area contributed by atoms with Gasteiger partial charge in [0, 0.05) is 0 Å². The van der Waals surface area contributed by atoms with E-state index in [-0.39, 0.29) is 11.2 Å². The number of aromatic carboxylic acids is 1. The fraction of sp³-hybridized carbons (Fsp3) is 0. The molecule has 7 nitrogen and oxygen atoms in total. The van der Waals surface area contributed by atoms with Gasteiger partial charge in [-0.05, 0) is 5.21 Å². The topological polar surface area (TPSA) is 93.3 Å². The van der Waals surface area contributed by atoms with Crippen LogP contribution in [-0.4, -0.2) is 36.1 Å². The van der Waals surface area contributed by atoms with Gasteiger partial charge >= 0.3 is 5.97 Å². The van der Waals surface area contributed by atoms with Crippen molar-refractivity contribution in [2.45, 2.75) is 0 Å². The number of hydrogen-bond acceptors (Lipinski definition) is 5. The molecule has 0 aliphatic carbocycles. The molecule has 2 heterocycles. The number of carbonyl (C=O) groups is 1. The summed E-state index contributed by atoms with van der Waals surface area (Å²) in [7, 11) is 0. The van der Waals surface area contributed by atoms with Crippen molar-refractivity contribution >= 4 is 11.6 Å². The maximum atomic E-state index is 10.5. The van der Waals surface area contributed by atoms with E-state index in [1.165, 1.54) is 17.0 Å². The smallest absolute Gasteiger partial charge is 0.341 e. The molecule has 2 rings (SSSR count). The standard InChI is InChI=1S/C5H3N5O2/c11-5(12)3-1-7-10-2-6-9-8-4(3)10/h1-2H,(H,11,12). The number of nitrogens with zero attached hydrogens (tertiary/aromatic N) is 5. The number of carboxylic acid groups (broad SMARTS) is 1. The number of hydrogen-bond donors (Lipinski definition) is 1. The largest absolute Gasteiger partial charge is 0.477 e. The Bertz CT molecular complexity index is 436. The Labute approximate surface area is 65.7 Å². The Balaban J connectivity index is 2.79. The maximum absolute atomic E-state index is 10.5. The van der Waals surface area contributed by atoms with Crippen molar-refractivity contribution in [1.82, 2.24) is 25.0 Å². The molecule has 0 aliphatic rings. The summed E-state index contributed by atoms with van der Waals surface area (Å²) >= 11 is 0. The van der Waals surface area contributed by atoms with Gasteiger partial charge in [-0.15, -0.1) is 10.2 Å². The number of carboxylic acids is 1. The second-order valence-electron chi connectivity index (χ2n) is 2.05. The lowest BCUT2D eigenvalue weighted by molar-refractivity contribution is 0.0698. The average molecular weight is 165 g/mol. The molecule has 12 heavy (non-hydrogen) atoms. The van der Waals surface area contributed by atoms with Crippen LogP contribution < -0.4 is 0 Å². The lowest BCUT2D eigenvalue weighted by atomic mass is 10.3. The Morgan fingerprint density at radius 3 is 3.17 bits per heavy atom.